The number of carbonyl (C=O) groups is 2. The number of ether oxygens (including phenoxy) is 2. The van der Waals surface area contributed by atoms with Crippen molar-refractivity contribution >= 4 is 12.0 Å². The van der Waals surface area contributed by atoms with Gasteiger partial charge in [0.15, 0.2) is 11.5 Å². The van der Waals surface area contributed by atoms with Crippen molar-refractivity contribution in [2.45, 2.75) is 33.2 Å². The molecule has 0 radical (unpaired) electrons. The number of amides is 2. The Kier molecular flexibility index (Phi) is 8.04. The van der Waals surface area contributed by atoms with E-state index in [1.807, 2.05) is 25.1 Å². The maximum Gasteiger partial charge on any atom is 0.317 e. The molecule has 0 aromatic heterocycles. The van der Waals surface area contributed by atoms with Crippen LogP contribution in [0.1, 0.15) is 38.8 Å². The molecule has 7 heteroatoms. The second-order valence-corrected chi connectivity index (χ2v) is 6.35. The van der Waals surface area contributed by atoms with Gasteiger partial charge >= 0.3 is 12.0 Å². The third-order valence-corrected chi connectivity index (χ3v) is 3.61. The number of urea groups is 1. The van der Waals surface area contributed by atoms with E-state index < -0.39 is 5.97 Å². The van der Waals surface area contributed by atoms with Crippen molar-refractivity contribution in [3.63, 3.8) is 0 Å². The second-order valence-electron chi connectivity index (χ2n) is 6.35. The molecule has 1 rings (SSSR count). The number of aliphatic carboxylic acids is 1. The predicted octanol–water partition coefficient (Wildman–Crippen LogP) is 2.91. The van der Waals surface area contributed by atoms with Crippen LogP contribution in [0.5, 0.6) is 11.5 Å². The highest BCUT2D eigenvalue weighted by molar-refractivity contribution is 5.75. The van der Waals surface area contributed by atoms with Crippen LogP contribution in [0.4, 0.5) is 4.79 Å². The molecule has 140 valence electrons. The molecule has 0 saturated heterocycles. The Bertz CT molecular complexity index is 589. The topological polar surface area (TPSA) is 88.1 Å². The van der Waals surface area contributed by atoms with Gasteiger partial charge in [-0.15, -0.1) is 0 Å². The standard InChI is InChI=1S/C18H28N2O5/c1-12(2)11-25-15-7-6-14(10-16(15)24-5)13(3)19-18(23)20(4)9-8-17(21)22/h6-7,10,12-13H,8-9,11H2,1-5H3,(H,19,23)(H,21,22). The highest BCUT2D eigenvalue weighted by Gasteiger charge is 2.16. The molecule has 25 heavy (non-hydrogen) atoms. The van der Waals surface area contributed by atoms with Gasteiger partial charge in [0.05, 0.1) is 26.2 Å². The van der Waals surface area contributed by atoms with Gasteiger partial charge in [-0.3, -0.25) is 4.79 Å². The number of carbonyl (C=O) groups excluding carboxylic acids is 1. The van der Waals surface area contributed by atoms with Crippen molar-refractivity contribution in [2.24, 2.45) is 5.92 Å². The van der Waals surface area contributed by atoms with Crippen molar-refractivity contribution in [2.75, 3.05) is 27.3 Å². The Morgan fingerprint density at radius 2 is 1.92 bits per heavy atom. The lowest BCUT2D eigenvalue weighted by molar-refractivity contribution is -0.137. The van der Waals surface area contributed by atoms with Crippen LogP contribution >= 0.6 is 0 Å². The van der Waals surface area contributed by atoms with E-state index in [1.54, 1.807) is 14.2 Å². The summed E-state index contributed by atoms with van der Waals surface area (Å²) >= 11 is 0. The molecule has 0 bridgehead atoms. The van der Waals surface area contributed by atoms with E-state index in [4.69, 9.17) is 14.6 Å². The summed E-state index contributed by atoms with van der Waals surface area (Å²) in [5, 5.41) is 11.5. The number of methoxy groups -OCH3 is 1. The van der Waals surface area contributed by atoms with Gasteiger partial charge in [0.25, 0.3) is 0 Å². The lowest BCUT2D eigenvalue weighted by Crippen LogP contribution is -2.39. The fourth-order valence-corrected chi connectivity index (χ4v) is 2.07. The summed E-state index contributed by atoms with van der Waals surface area (Å²) in [5.41, 5.74) is 0.869. The average molecular weight is 352 g/mol. The quantitative estimate of drug-likeness (QED) is 0.713. The normalized spacial score (nSPS) is 11.8. The van der Waals surface area contributed by atoms with Crippen LogP contribution in [0.3, 0.4) is 0 Å². The molecule has 1 atom stereocenters. The molecule has 0 fully saturated rings. The predicted molar refractivity (Wildman–Crippen MR) is 95.2 cm³/mol. The molecular formula is C18H28N2O5. The van der Waals surface area contributed by atoms with Gasteiger partial charge in [-0.2, -0.15) is 0 Å². The molecule has 1 aromatic carbocycles. The monoisotopic (exact) mass is 352 g/mol. The average Bonchev–Trinajstić information content (AvgIpc) is 2.57. The van der Waals surface area contributed by atoms with Gasteiger partial charge in [0, 0.05) is 13.6 Å². The highest BCUT2D eigenvalue weighted by Crippen LogP contribution is 2.30. The molecule has 1 unspecified atom stereocenters. The Balaban J connectivity index is 2.72. The summed E-state index contributed by atoms with van der Waals surface area (Å²) in [5.74, 6) is 0.744. The van der Waals surface area contributed by atoms with Crippen molar-refractivity contribution in [1.82, 2.24) is 10.2 Å². The maximum atomic E-state index is 12.1. The number of hydrogen-bond donors (Lipinski definition) is 2. The van der Waals surface area contributed by atoms with Gasteiger partial charge in [-0.05, 0) is 30.5 Å². The first kappa shape index (κ1) is 20.6. The zero-order chi connectivity index (χ0) is 19.0. The summed E-state index contributed by atoms with van der Waals surface area (Å²) in [6.45, 7) is 6.74. The van der Waals surface area contributed by atoms with Crippen LogP contribution in [0.15, 0.2) is 18.2 Å². The zero-order valence-corrected chi connectivity index (χ0v) is 15.5. The Morgan fingerprint density at radius 1 is 1.24 bits per heavy atom. The lowest BCUT2D eigenvalue weighted by Gasteiger charge is -2.22. The van der Waals surface area contributed by atoms with E-state index in [9.17, 15) is 9.59 Å². The van der Waals surface area contributed by atoms with Crippen LogP contribution in [-0.4, -0.2) is 49.3 Å². The number of rotatable bonds is 9. The smallest absolute Gasteiger partial charge is 0.317 e. The van der Waals surface area contributed by atoms with Gasteiger partial charge < -0.3 is 24.8 Å². The number of carboxylic acid groups (broad SMARTS) is 1. The summed E-state index contributed by atoms with van der Waals surface area (Å²) < 4.78 is 11.1. The third-order valence-electron chi connectivity index (χ3n) is 3.61. The molecule has 7 nitrogen and oxygen atoms in total. The fourth-order valence-electron chi connectivity index (χ4n) is 2.07. The Hall–Kier alpha value is -2.44. The summed E-state index contributed by atoms with van der Waals surface area (Å²) in [6, 6.07) is 4.95. The lowest BCUT2D eigenvalue weighted by atomic mass is 10.1. The van der Waals surface area contributed by atoms with Crippen molar-refractivity contribution in [3.8, 4) is 11.5 Å². The van der Waals surface area contributed by atoms with Gasteiger partial charge in [0.2, 0.25) is 0 Å². The van der Waals surface area contributed by atoms with Crippen LogP contribution in [0.2, 0.25) is 0 Å². The van der Waals surface area contributed by atoms with Crippen LogP contribution in [0.25, 0.3) is 0 Å². The van der Waals surface area contributed by atoms with E-state index in [0.717, 1.165) is 5.56 Å². The number of nitrogens with zero attached hydrogens (tertiary/aromatic N) is 1. The second kappa shape index (κ2) is 9.76. The summed E-state index contributed by atoms with van der Waals surface area (Å²) in [7, 11) is 3.14. The Labute approximate surface area is 148 Å². The minimum absolute atomic E-state index is 0.0893. The van der Waals surface area contributed by atoms with E-state index in [0.29, 0.717) is 24.0 Å². The van der Waals surface area contributed by atoms with Crippen LogP contribution in [0, 0.1) is 5.92 Å². The number of nitrogens with one attached hydrogen (secondary N) is 1. The molecule has 2 N–H and O–H groups in total. The van der Waals surface area contributed by atoms with E-state index >= 15 is 0 Å². The van der Waals surface area contributed by atoms with E-state index in [2.05, 4.69) is 19.2 Å². The van der Waals surface area contributed by atoms with Gasteiger partial charge in [0.1, 0.15) is 0 Å². The molecule has 2 amide bonds. The van der Waals surface area contributed by atoms with Gasteiger partial charge in [-0.1, -0.05) is 19.9 Å². The van der Waals surface area contributed by atoms with Crippen molar-refractivity contribution < 1.29 is 24.2 Å². The minimum Gasteiger partial charge on any atom is -0.493 e. The first-order chi connectivity index (χ1) is 11.7. The van der Waals surface area contributed by atoms with Crippen LogP contribution in [-0.2, 0) is 4.79 Å². The zero-order valence-electron chi connectivity index (χ0n) is 15.5. The minimum atomic E-state index is -0.936. The fraction of sp³-hybridized carbons (Fsp3) is 0.556. The molecule has 0 spiro atoms. The number of carboxylic acids is 1. The van der Waals surface area contributed by atoms with E-state index in [1.165, 1.54) is 4.90 Å². The highest BCUT2D eigenvalue weighted by atomic mass is 16.5. The number of benzene rings is 1. The van der Waals surface area contributed by atoms with Crippen molar-refractivity contribution in [3.05, 3.63) is 23.8 Å². The molecule has 0 saturated carbocycles. The third kappa shape index (κ3) is 6.91. The first-order valence-corrected chi connectivity index (χ1v) is 8.28. The molecule has 0 aliphatic heterocycles. The van der Waals surface area contributed by atoms with E-state index in [-0.39, 0.29) is 25.0 Å². The summed E-state index contributed by atoms with van der Waals surface area (Å²) in [4.78, 5) is 24.0. The molecular weight excluding hydrogens is 324 g/mol. The largest absolute Gasteiger partial charge is 0.493 e. The maximum absolute atomic E-state index is 12.1. The Morgan fingerprint density at radius 3 is 2.48 bits per heavy atom. The molecule has 0 aliphatic rings. The first-order valence-electron chi connectivity index (χ1n) is 8.28. The summed E-state index contributed by atoms with van der Waals surface area (Å²) in [6.07, 6.45) is -0.0893. The van der Waals surface area contributed by atoms with Crippen molar-refractivity contribution in [1.29, 1.82) is 0 Å². The van der Waals surface area contributed by atoms with Crippen LogP contribution < -0.4 is 14.8 Å². The molecule has 0 aliphatic carbocycles. The van der Waals surface area contributed by atoms with Gasteiger partial charge in [-0.25, -0.2) is 4.79 Å². The molecule has 0 heterocycles. The number of hydrogen-bond acceptors (Lipinski definition) is 4. The molecule has 1 aromatic rings. The SMILES string of the molecule is COc1cc(C(C)NC(=O)N(C)CCC(=O)O)ccc1OCC(C)C.